The molecule has 1 aliphatic rings. The van der Waals surface area contributed by atoms with E-state index in [1.807, 2.05) is 4.57 Å². The number of hydrogen-bond acceptors (Lipinski definition) is 5. The Labute approximate surface area is 105 Å². The van der Waals surface area contributed by atoms with Crippen molar-refractivity contribution in [1.29, 1.82) is 0 Å². The van der Waals surface area contributed by atoms with Crippen molar-refractivity contribution in [2.45, 2.75) is 25.8 Å². The molecule has 3 rings (SSSR count). The van der Waals surface area contributed by atoms with E-state index in [4.69, 9.17) is 5.73 Å². The summed E-state index contributed by atoms with van der Waals surface area (Å²) in [7, 11) is 0. The monoisotopic (exact) mass is 247 g/mol. The number of nitrogens with zero attached hydrogens (tertiary/aromatic N) is 4. The van der Waals surface area contributed by atoms with Crippen molar-refractivity contribution in [3.05, 3.63) is 12.7 Å². The largest absolute Gasteiger partial charge is 0.396 e. The Hall–Kier alpha value is -1.69. The molecule has 2 heterocycles. The molecule has 0 aliphatic heterocycles. The first kappa shape index (κ1) is 11.4. The standard InChI is InChI=1S/C12H17N5O/c13-11-10-12(15-6-14-11)17(7-16-10)4-8-2-1-3-9(8)5-18/h6-9,18H,1-5H2,(H2,13,14,15)/t8-,9+/m0/s1. The van der Waals surface area contributed by atoms with Crippen LogP contribution in [0, 0.1) is 11.8 Å². The summed E-state index contributed by atoms with van der Waals surface area (Å²) in [6, 6.07) is 0. The minimum Gasteiger partial charge on any atom is -0.396 e. The van der Waals surface area contributed by atoms with Gasteiger partial charge >= 0.3 is 0 Å². The number of nitrogens with two attached hydrogens (primary N) is 1. The van der Waals surface area contributed by atoms with E-state index >= 15 is 0 Å². The van der Waals surface area contributed by atoms with Gasteiger partial charge in [-0.2, -0.15) is 0 Å². The van der Waals surface area contributed by atoms with E-state index in [0.717, 1.165) is 25.0 Å². The van der Waals surface area contributed by atoms with Crippen LogP contribution >= 0.6 is 0 Å². The third kappa shape index (κ3) is 1.82. The van der Waals surface area contributed by atoms with Gasteiger partial charge in [-0.25, -0.2) is 15.0 Å². The zero-order valence-corrected chi connectivity index (χ0v) is 10.2. The van der Waals surface area contributed by atoms with E-state index < -0.39 is 0 Å². The first-order valence-corrected chi connectivity index (χ1v) is 6.31. The summed E-state index contributed by atoms with van der Waals surface area (Å²) in [5.41, 5.74) is 7.21. The quantitative estimate of drug-likeness (QED) is 0.838. The van der Waals surface area contributed by atoms with Gasteiger partial charge < -0.3 is 15.4 Å². The van der Waals surface area contributed by atoms with Gasteiger partial charge in [-0.1, -0.05) is 6.42 Å². The lowest BCUT2D eigenvalue weighted by atomic mass is 9.97. The Morgan fingerprint density at radius 2 is 2.11 bits per heavy atom. The number of rotatable bonds is 3. The van der Waals surface area contributed by atoms with Gasteiger partial charge in [-0.05, 0) is 24.7 Å². The van der Waals surface area contributed by atoms with Crippen molar-refractivity contribution in [1.82, 2.24) is 19.5 Å². The van der Waals surface area contributed by atoms with Crippen LogP contribution in [-0.4, -0.2) is 31.2 Å². The molecule has 0 saturated heterocycles. The lowest BCUT2D eigenvalue weighted by Gasteiger charge is -2.17. The van der Waals surface area contributed by atoms with Gasteiger partial charge in [0.2, 0.25) is 0 Å². The fourth-order valence-corrected chi connectivity index (χ4v) is 2.88. The van der Waals surface area contributed by atoms with E-state index in [1.165, 1.54) is 12.7 Å². The summed E-state index contributed by atoms with van der Waals surface area (Å²) in [5.74, 6) is 1.33. The number of hydrogen-bond donors (Lipinski definition) is 2. The van der Waals surface area contributed by atoms with Crippen LogP contribution in [0.3, 0.4) is 0 Å². The average Bonchev–Trinajstić information content (AvgIpc) is 2.98. The second-order valence-electron chi connectivity index (χ2n) is 4.96. The molecule has 0 bridgehead atoms. The highest BCUT2D eigenvalue weighted by Crippen LogP contribution is 2.33. The summed E-state index contributed by atoms with van der Waals surface area (Å²) >= 11 is 0. The molecule has 2 aromatic rings. The van der Waals surface area contributed by atoms with E-state index in [-0.39, 0.29) is 6.61 Å². The third-order valence-corrected chi connectivity index (χ3v) is 3.91. The zero-order valence-electron chi connectivity index (χ0n) is 10.2. The lowest BCUT2D eigenvalue weighted by molar-refractivity contribution is 0.185. The van der Waals surface area contributed by atoms with E-state index in [9.17, 15) is 5.11 Å². The zero-order chi connectivity index (χ0) is 12.5. The van der Waals surface area contributed by atoms with Crippen molar-refractivity contribution >= 4 is 17.0 Å². The van der Waals surface area contributed by atoms with Crippen molar-refractivity contribution in [2.24, 2.45) is 11.8 Å². The van der Waals surface area contributed by atoms with Crippen LogP contribution < -0.4 is 5.73 Å². The number of aliphatic hydroxyl groups is 1. The molecule has 0 unspecified atom stereocenters. The first-order chi connectivity index (χ1) is 8.79. The van der Waals surface area contributed by atoms with Crippen LogP contribution in [0.15, 0.2) is 12.7 Å². The summed E-state index contributed by atoms with van der Waals surface area (Å²) in [6.07, 6.45) is 6.70. The predicted octanol–water partition coefficient (Wildman–Crippen LogP) is 0.817. The van der Waals surface area contributed by atoms with Gasteiger partial charge in [-0.3, -0.25) is 0 Å². The molecule has 18 heavy (non-hydrogen) atoms. The molecule has 0 radical (unpaired) electrons. The molecule has 0 aromatic carbocycles. The van der Waals surface area contributed by atoms with Crippen molar-refractivity contribution in [3.8, 4) is 0 Å². The Morgan fingerprint density at radius 1 is 1.28 bits per heavy atom. The van der Waals surface area contributed by atoms with Gasteiger partial charge in [0.1, 0.15) is 11.8 Å². The highest BCUT2D eigenvalue weighted by Gasteiger charge is 2.27. The molecule has 0 amide bonds. The van der Waals surface area contributed by atoms with E-state index in [1.54, 1.807) is 6.33 Å². The molecule has 6 heteroatoms. The van der Waals surface area contributed by atoms with E-state index in [0.29, 0.717) is 23.2 Å². The average molecular weight is 247 g/mol. The van der Waals surface area contributed by atoms with Gasteiger partial charge in [-0.15, -0.1) is 0 Å². The fourth-order valence-electron chi connectivity index (χ4n) is 2.88. The maximum atomic E-state index is 9.35. The Kier molecular flexibility index (Phi) is 2.87. The lowest BCUT2D eigenvalue weighted by Crippen LogP contribution is -2.18. The number of fused-ring (bicyclic) bond motifs is 1. The molecular weight excluding hydrogens is 230 g/mol. The highest BCUT2D eigenvalue weighted by molar-refractivity contribution is 5.81. The highest BCUT2D eigenvalue weighted by atomic mass is 16.3. The van der Waals surface area contributed by atoms with Gasteiger partial charge in [0.05, 0.1) is 6.33 Å². The molecule has 6 nitrogen and oxygen atoms in total. The molecule has 1 saturated carbocycles. The van der Waals surface area contributed by atoms with Gasteiger partial charge in [0.15, 0.2) is 11.5 Å². The summed E-state index contributed by atoms with van der Waals surface area (Å²) in [4.78, 5) is 12.4. The predicted molar refractivity (Wildman–Crippen MR) is 67.7 cm³/mol. The summed E-state index contributed by atoms with van der Waals surface area (Å²) in [6.45, 7) is 1.12. The smallest absolute Gasteiger partial charge is 0.165 e. The fraction of sp³-hybridized carbons (Fsp3) is 0.583. The minimum atomic E-state index is 0.272. The Bertz CT molecular complexity index is 552. The number of nitrogen functional groups attached to an aromatic ring is 1. The topological polar surface area (TPSA) is 89.9 Å². The Morgan fingerprint density at radius 3 is 2.94 bits per heavy atom. The minimum absolute atomic E-state index is 0.272. The molecule has 1 aliphatic carbocycles. The first-order valence-electron chi connectivity index (χ1n) is 6.31. The van der Waals surface area contributed by atoms with Crippen molar-refractivity contribution in [2.75, 3.05) is 12.3 Å². The van der Waals surface area contributed by atoms with E-state index in [2.05, 4.69) is 15.0 Å². The van der Waals surface area contributed by atoms with Gasteiger partial charge in [0, 0.05) is 13.2 Å². The second kappa shape index (κ2) is 4.53. The van der Waals surface area contributed by atoms with Crippen molar-refractivity contribution < 1.29 is 5.11 Å². The Balaban J connectivity index is 1.89. The SMILES string of the molecule is Nc1ncnc2c1ncn2C[C@@H]1CCC[C@@H]1CO. The molecule has 2 aromatic heterocycles. The van der Waals surface area contributed by atoms with Crippen LogP contribution in [0.2, 0.25) is 0 Å². The third-order valence-electron chi connectivity index (χ3n) is 3.91. The number of aliphatic hydroxyl groups excluding tert-OH is 1. The van der Waals surface area contributed by atoms with Crippen LogP contribution in [0.5, 0.6) is 0 Å². The molecule has 0 spiro atoms. The molecule has 3 N–H and O–H groups in total. The van der Waals surface area contributed by atoms with Gasteiger partial charge in [0.25, 0.3) is 0 Å². The van der Waals surface area contributed by atoms with Crippen LogP contribution in [0.1, 0.15) is 19.3 Å². The van der Waals surface area contributed by atoms with Crippen LogP contribution in [-0.2, 0) is 6.54 Å². The summed E-state index contributed by atoms with van der Waals surface area (Å²) < 4.78 is 2.02. The number of imidazole rings is 1. The molecular formula is C12H17N5O. The van der Waals surface area contributed by atoms with Crippen molar-refractivity contribution in [3.63, 3.8) is 0 Å². The normalized spacial score (nSPS) is 23.8. The maximum Gasteiger partial charge on any atom is 0.165 e. The number of anilines is 1. The van der Waals surface area contributed by atoms with Crippen LogP contribution in [0.25, 0.3) is 11.2 Å². The second-order valence-corrected chi connectivity index (χ2v) is 4.96. The molecule has 1 fully saturated rings. The molecule has 96 valence electrons. The molecule has 2 atom stereocenters. The number of aromatic nitrogens is 4. The maximum absolute atomic E-state index is 9.35. The van der Waals surface area contributed by atoms with Crippen LogP contribution in [0.4, 0.5) is 5.82 Å². The summed E-state index contributed by atoms with van der Waals surface area (Å²) in [5, 5.41) is 9.35.